The summed E-state index contributed by atoms with van der Waals surface area (Å²) < 4.78 is 0. The van der Waals surface area contributed by atoms with E-state index in [-0.39, 0.29) is 24.3 Å². The number of aromatic carboxylic acids is 1. The van der Waals surface area contributed by atoms with E-state index in [1.165, 1.54) is 12.1 Å². The Bertz CT molecular complexity index is 1030. The summed E-state index contributed by atoms with van der Waals surface area (Å²) in [6.45, 7) is 0. The van der Waals surface area contributed by atoms with Gasteiger partial charge in [-0.25, -0.2) is 9.59 Å². The molecule has 0 aliphatic heterocycles. The van der Waals surface area contributed by atoms with Crippen LogP contribution in [0.1, 0.15) is 21.5 Å². The van der Waals surface area contributed by atoms with Gasteiger partial charge in [-0.3, -0.25) is 4.79 Å². The second kappa shape index (κ2) is 8.35. The lowest BCUT2D eigenvalue weighted by Gasteiger charge is -2.15. The SMILES string of the molecule is O=C(Cc1ccc2ccccc2c1)N[C@H](Cc1ccc(C(=O)O)cc1)C(=O)O. The minimum atomic E-state index is -1.14. The maximum Gasteiger partial charge on any atom is 0.335 e. The second-order valence-electron chi connectivity index (χ2n) is 6.52. The van der Waals surface area contributed by atoms with E-state index in [0.29, 0.717) is 5.56 Å². The van der Waals surface area contributed by atoms with Gasteiger partial charge in [-0.05, 0) is 34.0 Å². The summed E-state index contributed by atoms with van der Waals surface area (Å²) in [7, 11) is 0. The number of amides is 1. The van der Waals surface area contributed by atoms with Crippen LogP contribution in [0.4, 0.5) is 0 Å². The van der Waals surface area contributed by atoms with Crippen LogP contribution in [-0.2, 0) is 22.4 Å². The molecule has 0 fully saturated rings. The van der Waals surface area contributed by atoms with E-state index < -0.39 is 18.0 Å². The predicted octanol–water partition coefficient (Wildman–Crippen LogP) is 2.89. The average Bonchev–Trinajstić information content (AvgIpc) is 2.67. The molecule has 6 heteroatoms. The third kappa shape index (κ3) is 4.73. The van der Waals surface area contributed by atoms with Crippen LogP contribution >= 0.6 is 0 Å². The number of carboxylic acid groups (broad SMARTS) is 2. The number of carboxylic acids is 2. The van der Waals surface area contributed by atoms with Crippen LogP contribution < -0.4 is 5.32 Å². The van der Waals surface area contributed by atoms with Crippen LogP contribution in [0.15, 0.2) is 66.7 Å². The Morgan fingerprint density at radius 2 is 1.46 bits per heavy atom. The van der Waals surface area contributed by atoms with E-state index in [1.807, 2.05) is 42.5 Å². The van der Waals surface area contributed by atoms with Gasteiger partial charge >= 0.3 is 11.9 Å². The topological polar surface area (TPSA) is 104 Å². The molecule has 0 aromatic heterocycles. The molecule has 0 saturated carbocycles. The second-order valence-corrected chi connectivity index (χ2v) is 6.52. The Kier molecular flexibility index (Phi) is 5.69. The van der Waals surface area contributed by atoms with Gasteiger partial charge in [-0.2, -0.15) is 0 Å². The zero-order valence-electron chi connectivity index (χ0n) is 15.0. The van der Waals surface area contributed by atoms with Crippen molar-refractivity contribution in [1.29, 1.82) is 0 Å². The van der Waals surface area contributed by atoms with Gasteiger partial charge in [0.1, 0.15) is 6.04 Å². The van der Waals surface area contributed by atoms with E-state index in [4.69, 9.17) is 5.11 Å². The quantitative estimate of drug-likeness (QED) is 0.587. The molecule has 142 valence electrons. The highest BCUT2D eigenvalue weighted by Gasteiger charge is 2.20. The van der Waals surface area contributed by atoms with Gasteiger partial charge < -0.3 is 15.5 Å². The molecule has 6 nitrogen and oxygen atoms in total. The number of carbonyl (C=O) groups is 3. The fourth-order valence-corrected chi connectivity index (χ4v) is 3.00. The number of hydrogen-bond acceptors (Lipinski definition) is 3. The first kappa shape index (κ1) is 19.1. The number of benzene rings is 3. The molecule has 3 aromatic rings. The minimum absolute atomic E-state index is 0.0681. The Morgan fingerprint density at radius 1 is 0.821 bits per heavy atom. The Labute approximate surface area is 161 Å². The van der Waals surface area contributed by atoms with Crippen molar-refractivity contribution in [1.82, 2.24) is 5.32 Å². The van der Waals surface area contributed by atoms with Gasteiger partial charge in [0.25, 0.3) is 0 Å². The van der Waals surface area contributed by atoms with Gasteiger partial charge in [-0.15, -0.1) is 0 Å². The van der Waals surface area contributed by atoms with Gasteiger partial charge in [0.05, 0.1) is 12.0 Å². The van der Waals surface area contributed by atoms with Gasteiger partial charge in [0, 0.05) is 6.42 Å². The van der Waals surface area contributed by atoms with E-state index >= 15 is 0 Å². The van der Waals surface area contributed by atoms with Gasteiger partial charge in [0.15, 0.2) is 0 Å². The molecule has 1 amide bonds. The molecule has 0 spiro atoms. The fraction of sp³-hybridized carbons (Fsp3) is 0.136. The molecule has 3 rings (SSSR count). The normalized spacial score (nSPS) is 11.7. The first-order valence-electron chi connectivity index (χ1n) is 8.74. The number of fused-ring (bicyclic) bond motifs is 1. The highest BCUT2D eigenvalue weighted by molar-refractivity contribution is 5.88. The van der Waals surface area contributed by atoms with Gasteiger partial charge in [0.2, 0.25) is 5.91 Å². The third-order valence-electron chi connectivity index (χ3n) is 4.45. The summed E-state index contributed by atoms with van der Waals surface area (Å²) in [6, 6.07) is 18.3. The van der Waals surface area contributed by atoms with Crippen molar-refractivity contribution in [2.24, 2.45) is 0 Å². The molecule has 0 saturated heterocycles. The van der Waals surface area contributed by atoms with Crippen molar-refractivity contribution in [3.05, 3.63) is 83.4 Å². The number of carbonyl (C=O) groups excluding carboxylic acids is 1. The molecule has 28 heavy (non-hydrogen) atoms. The lowest BCUT2D eigenvalue weighted by molar-refractivity contribution is -0.141. The van der Waals surface area contributed by atoms with E-state index in [9.17, 15) is 19.5 Å². The highest BCUT2D eigenvalue weighted by atomic mass is 16.4. The number of rotatable bonds is 7. The zero-order chi connectivity index (χ0) is 20.1. The maximum absolute atomic E-state index is 12.3. The molecule has 0 aliphatic rings. The number of aliphatic carboxylic acids is 1. The molecule has 3 N–H and O–H groups in total. The van der Waals surface area contributed by atoms with Gasteiger partial charge in [-0.1, -0.05) is 54.6 Å². The van der Waals surface area contributed by atoms with Crippen molar-refractivity contribution in [2.45, 2.75) is 18.9 Å². The Balaban J connectivity index is 1.66. The van der Waals surface area contributed by atoms with E-state index in [1.54, 1.807) is 12.1 Å². The lowest BCUT2D eigenvalue weighted by Crippen LogP contribution is -2.43. The zero-order valence-corrected chi connectivity index (χ0v) is 15.0. The Morgan fingerprint density at radius 3 is 2.11 bits per heavy atom. The standard InChI is InChI=1S/C22H19NO5/c24-20(13-15-7-8-16-3-1-2-4-18(16)11-15)23-19(22(27)28)12-14-5-9-17(10-6-14)21(25)26/h1-11,19H,12-13H2,(H,23,24)(H,25,26)(H,27,28)/t19-/m1/s1. The molecule has 1 atom stereocenters. The molecule has 0 aliphatic carbocycles. The van der Waals surface area contributed by atoms with Crippen LogP contribution in [0.2, 0.25) is 0 Å². The van der Waals surface area contributed by atoms with Crippen molar-refractivity contribution in [3.8, 4) is 0 Å². The van der Waals surface area contributed by atoms with Crippen molar-refractivity contribution >= 4 is 28.6 Å². The lowest BCUT2D eigenvalue weighted by atomic mass is 10.0. The van der Waals surface area contributed by atoms with Crippen molar-refractivity contribution in [3.63, 3.8) is 0 Å². The van der Waals surface area contributed by atoms with Crippen molar-refractivity contribution < 1.29 is 24.6 Å². The molecule has 0 radical (unpaired) electrons. The van der Waals surface area contributed by atoms with Crippen LogP contribution in [0.5, 0.6) is 0 Å². The molecular weight excluding hydrogens is 358 g/mol. The molecular formula is C22H19NO5. The van der Waals surface area contributed by atoms with E-state index in [0.717, 1.165) is 16.3 Å². The number of nitrogens with one attached hydrogen (secondary N) is 1. The van der Waals surface area contributed by atoms with Crippen LogP contribution in [0.25, 0.3) is 10.8 Å². The average molecular weight is 377 g/mol. The minimum Gasteiger partial charge on any atom is -0.480 e. The Hall–Kier alpha value is -3.67. The summed E-state index contributed by atoms with van der Waals surface area (Å²) in [5, 5.41) is 23.0. The number of hydrogen-bond donors (Lipinski definition) is 3. The predicted molar refractivity (Wildman–Crippen MR) is 104 cm³/mol. The molecule has 0 heterocycles. The monoisotopic (exact) mass is 377 g/mol. The van der Waals surface area contributed by atoms with Crippen LogP contribution in [0.3, 0.4) is 0 Å². The van der Waals surface area contributed by atoms with Crippen LogP contribution in [0, 0.1) is 0 Å². The molecule has 0 bridgehead atoms. The summed E-state index contributed by atoms with van der Waals surface area (Å²) in [5.74, 6) is -2.58. The molecule has 0 unspecified atom stereocenters. The summed E-state index contributed by atoms with van der Waals surface area (Å²) in [4.78, 5) is 34.8. The fourth-order valence-electron chi connectivity index (χ4n) is 3.00. The van der Waals surface area contributed by atoms with Crippen molar-refractivity contribution in [2.75, 3.05) is 0 Å². The largest absolute Gasteiger partial charge is 0.480 e. The first-order valence-corrected chi connectivity index (χ1v) is 8.74. The van der Waals surface area contributed by atoms with E-state index in [2.05, 4.69) is 5.32 Å². The smallest absolute Gasteiger partial charge is 0.335 e. The highest BCUT2D eigenvalue weighted by Crippen LogP contribution is 2.16. The van der Waals surface area contributed by atoms with Crippen LogP contribution in [-0.4, -0.2) is 34.1 Å². The summed E-state index contributed by atoms with van der Waals surface area (Å²) in [5.41, 5.74) is 1.55. The molecule has 3 aromatic carbocycles. The third-order valence-corrected chi connectivity index (χ3v) is 4.45. The summed E-state index contributed by atoms with van der Waals surface area (Å²) in [6.07, 6.45) is 0.144. The maximum atomic E-state index is 12.3. The first-order chi connectivity index (χ1) is 13.4. The summed E-state index contributed by atoms with van der Waals surface area (Å²) >= 11 is 0.